The van der Waals surface area contributed by atoms with Crippen LogP contribution >= 0.6 is 0 Å². The van der Waals surface area contributed by atoms with E-state index in [2.05, 4.69) is 5.32 Å². The van der Waals surface area contributed by atoms with Crippen molar-refractivity contribution in [3.8, 4) is 0 Å². The van der Waals surface area contributed by atoms with Gasteiger partial charge in [-0.05, 0) is 32.4 Å². The van der Waals surface area contributed by atoms with Gasteiger partial charge in [-0.25, -0.2) is 0 Å². The highest BCUT2D eigenvalue weighted by Crippen LogP contribution is 2.37. The number of hydrogen-bond acceptors (Lipinski definition) is 3. The van der Waals surface area contributed by atoms with Crippen molar-refractivity contribution in [2.75, 3.05) is 18.6 Å². The molecule has 0 radical (unpaired) electrons. The Morgan fingerprint density at radius 2 is 1.92 bits per heavy atom. The van der Waals surface area contributed by atoms with Gasteiger partial charge in [-0.1, -0.05) is 12.1 Å². The van der Waals surface area contributed by atoms with Gasteiger partial charge in [0.2, 0.25) is 5.91 Å². The van der Waals surface area contributed by atoms with Crippen LogP contribution in [0, 0.1) is 0 Å². The molecule has 5 nitrogen and oxygen atoms in total. The number of amides is 2. The number of ether oxygens (including phenoxy) is 1. The van der Waals surface area contributed by atoms with E-state index < -0.39 is 35.2 Å². The summed E-state index contributed by atoms with van der Waals surface area (Å²) < 4.78 is 44.4. The maximum Gasteiger partial charge on any atom is 0.418 e. The normalized spacial score (nSPS) is 18.8. The largest absolute Gasteiger partial charge is 0.418 e. The lowest BCUT2D eigenvalue weighted by atomic mass is 10.1. The van der Waals surface area contributed by atoms with Crippen LogP contribution in [0.3, 0.4) is 0 Å². The number of benzene rings is 1. The Balaban J connectivity index is 2.20. The fourth-order valence-electron chi connectivity index (χ4n) is 2.43. The second kappa shape index (κ2) is 6.43. The van der Waals surface area contributed by atoms with E-state index in [1.165, 1.54) is 25.3 Å². The molecule has 1 atom stereocenters. The van der Waals surface area contributed by atoms with Gasteiger partial charge in [0.15, 0.2) is 0 Å². The molecule has 2 rings (SSSR count). The Labute approximate surface area is 137 Å². The van der Waals surface area contributed by atoms with Gasteiger partial charge < -0.3 is 15.0 Å². The second-order valence-electron chi connectivity index (χ2n) is 6.03. The molecule has 1 aromatic rings. The SMILES string of the molecule is COC(C)(C)C(=O)NC1CCN(c2ccccc2C(F)(F)F)C1=O. The third-order valence-corrected chi connectivity index (χ3v) is 4.07. The van der Waals surface area contributed by atoms with Crippen molar-refractivity contribution < 1.29 is 27.5 Å². The van der Waals surface area contributed by atoms with E-state index in [0.29, 0.717) is 0 Å². The Hall–Kier alpha value is -2.09. The lowest BCUT2D eigenvalue weighted by Gasteiger charge is -2.24. The molecule has 0 aliphatic carbocycles. The summed E-state index contributed by atoms with van der Waals surface area (Å²) in [5, 5.41) is 2.54. The molecular formula is C16H19F3N2O3. The topological polar surface area (TPSA) is 58.6 Å². The monoisotopic (exact) mass is 344 g/mol. The molecule has 1 aliphatic heterocycles. The standard InChI is InChI=1S/C16H19F3N2O3/c1-15(2,24-3)14(23)20-11-8-9-21(13(11)22)12-7-5-4-6-10(12)16(17,18)19/h4-7,11H,8-9H2,1-3H3,(H,20,23). The number of halogens is 3. The van der Waals surface area contributed by atoms with Crippen molar-refractivity contribution in [1.29, 1.82) is 0 Å². The van der Waals surface area contributed by atoms with Crippen molar-refractivity contribution >= 4 is 17.5 Å². The van der Waals surface area contributed by atoms with Crippen molar-refractivity contribution in [2.45, 2.75) is 38.1 Å². The molecule has 1 aromatic carbocycles. The molecule has 0 aromatic heterocycles. The van der Waals surface area contributed by atoms with Gasteiger partial charge in [0, 0.05) is 13.7 Å². The van der Waals surface area contributed by atoms with Gasteiger partial charge >= 0.3 is 6.18 Å². The zero-order valence-electron chi connectivity index (χ0n) is 13.6. The van der Waals surface area contributed by atoms with Gasteiger partial charge in [0.25, 0.3) is 5.91 Å². The van der Waals surface area contributed by atoms with Crippen molar-refractivity contribution in [1.82, 2.24) is 5.32 Å². The number of methoxy groups -OCH3 is 1. The highest BCUT2D eigenvalue weighted by molar-refractivity contribution is 6.02. The summed E-state index contributed by atoms with van der Waals surface area (Å²) in [5.41, 5.74) is -2.20. The van der Waals surface area contributed by atoms with Gasteiger partial charge in [0.1, 0.15) is 11.6 Å². The first-order valence-electron chi connectivity index (χ1n) is 7.41. The number of nitrogens with zero attached hydrogens (tertiary/aromatic N) is 1. The summed E-state index contributed by atoms with van der Waals surface area (Å²) in [5.74, 6) is -1.05. The quantitative estimate of drug-likeness (QED) is 0.912. The zero-order chi connectivity index (χ0) is 18.1. The average molecular weight is 344 g/mol. The third-order valence-electron chi connectivity index (χ3n) is 4.07. The highest BCUT2D eigenvalue weighted by Gasteiger charge is 2.41. The molecule has 1 aliphatic rings. The first-order chi connectivity index (χ1) is 11.1. The summed E-state index contributed by atoms with van der Waals surface area (Å²) >= 11 is 0. The Bertz CT molecular complexity index is 644. The fraction of sp³-hybridized carbons (Fsp3) is 0.500. The third kappa shape index (κ3) is 3.53. The number of carbonyl (C=O) groups is 2. The number of anilines is 1. The molecule has 1 saturated heterocycles. The molecule has 1 unspecified atom stereocenters. The second-order valence-corrected chi connectivity index (χ2v) is 6.03. The van der Waals surface area contributed by atoms with Crippen molar-refractivity contribution in [3.63, 3.8) is 0 Å². The molecule has 24 heavy (non-hydrogen) atoms. The number of alkyl halides is 3. The van der Waals surface area contributed by atoms with Crippen LogP contribution in [-0.2, 0) is 20.5 Å². The zero-order valence-corrected chi connectivity index (χ0v) is 13.6. The first kappa shape index (κ1) is 18.3. The van der Waals surface area contributed by atoms with Crippen molar-refractivity contribution in [3.05, 3.63) is 29.8 Å². The molecule has 0 spiro atoms. The lowest BCUT2D eigenvalue weighted by molar-refractivity contribution is -0.141. The predicted molar refractivity (Wildman–Crippen MR) is 81.4 cm³/mol. The van der Waals surface area contributed by atoms with Crippen LogP contribution in [0.2, 0.25) is 0 Å². The Morgan fingerprint density at radius 1 is 1.29 bits per heavy atom. The number of hydrogen-bond donors (Lipinski definition) is 1. The summed E-state index contributed by atoms with van der Waals surface area (Å²) in [6.07, 6.45) is -4.33. The van der Waals surface area contributed by atoms with Gasteiger partial charge in [-0.3, -0.25) is 9.59 Å². The van der Waals surface area contributed by atoms with E-state index in [1.54, 1.807) is 13.8 Å². The smallest absolute Gasteiger partial charge is 0.369 e. The first-order valence-corrected chi connectivity index (χ1v) is 7.41. The van der Waals surface area contributed by atoms with Gasteiger partial charge in [-0.15, -0.1) is 0 Å². The lowest BCUT2D eigenvalue weighted by Crippen LogP contribution is -2.50. The van der Waals surface area contributed by atoms with Crippen LogP contribution < -0.4 is 10.2 Å². The van der Waals surface area contributed by atoms with E-state index in [4.69, 9.17) is 4.74 Å². The van der Waals surface area contributed by atoms with E-state index >= 15 is 0 Å². The Morgan fingerprint density at radius 3 is 2.50 bits per heavy atom. The summed E-state index contributed by atoms with van der Waals surface area (Å²) in [6, 6.07) is 4.03. The minimum atomic E-state index is -4.56. The maximum absolute atomic E-state index is 13.1. The van der Waals surface area contributed by atoms with E-state index in [-0.39, 0.29) is 18.7 Å². The number of rotatable bonds is 4. The molecule has 1 N–H and O–H groups in total. The van der Waals surface area contributed by atoms with Gasteiger partial charge in [-0.2, -0.15) is 13.2 Å². The number of nitrogens with one attached hydrogen (secondary N) is 1. The fourth-order valence-corrected chi connectivity index (χ4v) is 2.43. The van der Waals surface area contributed by atoms with E-state index in [1.807, 2.05) is 0 Å². The minimum absolute atomic E-state index is 0.101. The summed E-state index contributed by atoms with van der Waals surface area (Å²) in [4.78, 5) is 25.6. The Kier molecular flexibility index (Phi) is 4.89. The molecule has 8 heteroatoms. The highest BCUT2D eigenvalue weighted by atomic mass is 19.4. The number of carbonyl (C=O) groups excluding carboxylic acids is 2. The van der Waals surface area contributed by atoms with Crippen LogP contribution in [-0.4, -0.2) is 37.1 Å². The van der Waals surface area contributed by atoms with E-state index in [9.17, 15) is 22.8 Å². The molecule has 132 valence electrons. The average Bonchev–Trinajstić information content (AvgIpc) is 2.87. The molecule has 1 heterocycles. The van der Waals surface area contributed by atoms with Crippen LogP contribution in [0.15, 0.2) is 24.3 Å². The van der Waals surface area contributed by atoms with Crippen LogP contribution in [0.25, 0.3) is 0 Å². The van der Waals surface area contributed by atoms with Gasteiger partial charge in [0.05, 0.1) is 11.3 Å². The molecular weight excluding hydrogens is 325 g/mol. The van der Waals surface area contributed by atoms with Crippen molar-refractivity contribution in [2.24, 2.45) is 0 Å². The molecule has 0 saturated carbocycles. The summed E-state index contributed by atoms with van der Waals surface area (Å²) in [7, 11) is 1.36. The number of para-hydroxylation sites is 1. The summed E-state index contributed by atoms with van der Waals surface area (Å²) in [6.45, 7) is 3.18. The molecule has 1 fully saturated rings. The van der Waals surface area contributed by atoms with Crippen LogP contribution in [0.1, 0.15) is 25.8 Å². The van der Waals surface area contributed by atoms with Crippen LogP contribution in [0.4, 0.5) is 18.9 Å². The molecule has 2 amide bonds. The minimum Gasteiger partial charge on any atom is -0.369 e. The predicted octanol–water partition coefficient (Wildman–Crippen LogP) is 2.35. The van der Waals surface area contributed by atoms with Crippen LogP contribution in [0.5, 0.6) is 0 Å². The van der Waals surface area contributed by atoms with E-state index in [0.717, 1.165) is 11.0 Å². The maximum atomic E-state index is 13.1. The molecule has 0 bridgehead atoms.